The summed E-state index contributed by atoms with van der Waals surface area (Å²) in [5.74, 6) is 1.69. The summed E-state index contributed by atoms with van der Waals surface area (Å²) in [6, 6.07) is 2.14. The zero-order chi connectivity index (χ0) is 21.4. The molecule has 5 heterocycles. The normalized spacial score (nSPS) is 17.2. The van der Waals surface area contributed by atoms with Crippen molar-refractivity contribution in [2.24, 2.45) is 0 Å². The summed E-state index contributed by atoms with van der Waals surface area (Å²) >= 11 is 3.49. The van der Waals surface area contributed by atoms with E-state index in [9.17, 15) is 4.79 Å². The van der Waals surface area contributed by atoms with Gasteiger partial charge < -0.3 is 15.0 Å². The lowest BCUT2D eigenvalue weighted by atomic mass is 10.1. The number of nitrogens with one attached hydrogen (secondary N) is 1. The Morgan fingerprint density at radius 2 is 2.06 bits per heavy atom. The number of aromatic nitrogens is 2. The lowest BCUT2D eigenvalue weighted by Crippen LogP contribution is -2.39. The molecule has 31 heavy (non-hydrogen) atoms. The zero-order valence-electron chi connectivity index (χ0n) is 17.9. The van der Waals surface area contributed by atoms with Crippen LogP contribution in [0.4, 0.5) is 5.82 Å². The summed E-state index contributed by atoms with van der Waals surface area (Å²) in [6.07, 6.45) is 0.947. The second-order valence-electron chi connectivity index (χ2n) is 8.13. The van der Waals surface area contributed by atoms with E-state index in [1.54, 1.807) is 22.7 Å². The highest BCUT2D eigenvalue weighted by Gasteiger charge is 2.22. The number of aryl methyl sites for hydroxylation is 2. The standard InChI is InChI=1S/C22H27N5O2S2/c1-14-15(2)31-22-20(14)21(24-18(25-22)13-26-6-8-29-9-7-26)23-11-19(28)27-5-3-17-16(12-27)4-10-30-17/h4,10H,3,5-9,11-13H2,1-2H3,(H,23,24,25). The van der Waals surface area contributed by atoms with E-state index in [-0.39, 0.29) is 12.5 Å². The molecule has 7 nitrogen and oxygen atoms in total. The van der Waals surface area contributed by atoms with E-state index in [0.29, 0.717) is 13.1 Å². The number of thiophene rings is 2. The molecule has 9 heteroatoms. The van der Waals surface area contributed by atoms with Crippen molar-refractivity contribution >= 4 is 44.6 Å². The van der Waals surface area contributed by atoms with Crippen LogP contribution in [-0.2, 0) is 29.0 Å². The number of anilines is 1. The van der Waals surface area contributed by atoms with Gasteiger partial charge in [0, 0.05) is 35.9 Å². The molecule has 2 aliphatic heterocycles. The predicted molar refractivity (Wildman–Crippen MR) is 125 cm³/mol. The summed E-state index contributed by atoms with van der Waals surface area (Å²) in [5, 5.41) is 6.52. The number of fused-ring (bicyclic) bond motifs is 2. The Morgan fingerprint density at radius 3 is 2.90 bits per heavy atom. The maximum Gasteiger partial charge on any atom is 0.242 e. The molecule has 0 bridgehead atoms. The lowest BCUT2D eigenvalue weighted by Gasteiger charge is -2.27. The maximum absolute atomic E-state index is 12.9. The van der Waals surface area contributed by atoms with Crippen LogP contribution in [0.3, 0.4) is 0 Å². The van der Waals surface area contributed by atoms with Gasteiger partial charge in [-0.25, -0.2) is 9.97 Å². The summed E-state index contributed by atoms with van der Waals surface area (Å²) in [5.41, 5.74) is 2.47. The highest BCUT2D eigenvalue weighted by Crippen LogP contribution is 2.33. The molecule has 0 atom stereocenters. The van der Waals surface area contributed by atoms with E-state index in [1.165, 1.54) is 20.9 Å². The van der Waals surface area contributed by atoms with Crippen LogP contribution in [0.25, 0.3) is 10.2 Å². The number of carbonyl (C=O) groups is 1. The van der Waals surface area contributed by atoms with Crippen LogP contribution in [0, 0.1) is 13.8 Å². The number of amides is 1. The third kappa shape index (κ3) is 4.32. The summed E-state index contributed by atoms with van der Waals surface area (Å²) in [7, 11) is 0. The maximum atomic E-state index is 12.9. The van der Waals surface area contributed by atoms with Gasteiger partial charge in [0.25, 0.3) is 0 Å². The average molecular weight is 458 g/mol. The fourth-order valence-corrected chi connectivity index (χ4v) is 6.12. The van der Waals surface area contributed by atoms with Gasteiger partial charge in [0.05, 0.1) is 31.7 Å². The Labute approximate surface area is 190 Å². The monoisotopic (exact) mass is 457 g/mol. The third-order valence-corrected chi connectivity index (χ3v) is 8.24. The van der Waals surface area contributed by atoms with E-state index in [0.717, 1.165) is 61.1 Å². The van der Waals surface area contributed by atoms with Gasteiger partial charge >= 0.3 is 0 Å². The fourth-order valence-electron chi connectivity index (χ4n) is 4.18. The molecular weight excluding hydrogens is 430 g/mol. The number of nitrogens with zero attached hydrogens (tertiary/aromatic N) is 4. The molecule has 0 unspecified atom stereocenters. The van der Waals surface area contributed by atoms with Gasteiger partial charge in [0.2, 0.25) is 5.91 Å². The fraction of sp³-hybridized carbons (Fsp3) is 0.500. The number of morpholine rings is 1. The van der Waals surface area contributed by atoms with E-state index in [1.807, 2.05) is 4.90 Å². The molecule has 0 spiro atoms. The van der Waals surface area contributed by atoms with Crippen molar-refractivity contribution in [3.63, 3.8) is 0 Å². The molecule has 1 fully saturated rings. The van der Waals surface area contributed by atoms with Crippen molar-refractivity contribution in [2.45, 2.75) is 33.4 Å². The minimum atomic E-state index is 0.114. The number of hydrogen-bond donors (Lipinski definition) is 1. The average Bonchev–Trinajstić information content (AvgIpc) is 3.36. The first-order valence-electron chi connectivity index (χ1n) is 10.7. The molecule has 1 saturated heterocycles. The first kappa shape index (κ1) is 20.8. The van der Waals surface area contributed by atoms with Gasteiger partial charge in [0.1, 0.15) is 16.5 Å². The SMILES string of the molecule is Cc1sc2nc(CN3CCOCC3)nc(NCC(=O)N3CCc4sccc4C3)c2c1C. The van der Waals surface area contributed by atoms with Crippen LogP contribution >= 0.6 is 22.7 Å². The van der Waals surface area contributed by atoms with Gasteiger partial charge in [-0.2, -0.15) is 0 Å². The van der Waals surface area contributed by atoms with Crippen LogP contribution in [-0.4, -0.2) is 65.1 Å². The highest BCUT2D eigenvalue weighted by atomic mass is 32.1. The van der Waals surface area contributed by atoms with Crippen molar-refractivity contribution in [1.29, 1.82) is 0 Å². The minimum Gasteiger partial charge on any atom is -0.379 e. The molecule has 0 aromatic carbocycles. The Kier molecular flexibility index (Phi) is 5.92. The van der Waals surface area contributed by atoms with E-state index < -0.39 is 0 Å². The first-order valence-corrected chi connectivity index (χ1v) is 12.4. The number of carbonyl (C=O) groups excluding carboxylic acids is 1. The summed E-state index contributed by atoms with van der Waals surface area (Å²) in [6.45, 7) is 9.95. The summed E-state index contributed by atoms with van der Waals surface area (Å²) in [4.78, 5) is 30.5. The quantitative estimate of drug-likeness (QED) is 0.635. The predicted octanol–water partition coefficient (Wildman–Crippen LogP) is 3.20. The van der Waals surface area contributed by atoms with Crippen LogP contribution in [0.5, 0.6) is 0 Å². The smallest absolute Gasteiger partial charge is 0.242 e. The lowest BCUT2D eigenvalue weighted by molar-refractivity contribution is -0.130. The Bertz CT molecular complexity index is 1100. The van der Waals surface area contributed by atoms with Crippen LogP contribution in [0.15, 0.2) is 11.4 Å². The summed E-state index contributed by atoms with van der Waals surface area (Å²) < 4.78 is 5.46. The van der Waals surface area contributed by atoms with E-state index in [2.05, 4.69) is 35.5 Å². The van der Waals surface area contributed by atoms with Crippen molar-refractivity contribution in [1.82, 2.24) is 19.8 Å². The topological polar surface area (TPSA) is 70.6 Å². The number of hydrogen-bond acceptors (Lipinski definition) is 8. The largest absolute Gasteiger partial charge is 0.379 e. The second-order valence-corrected chi connectivity index (χ2v) is 10.3. The van der Waals surface area contributed by atoms with Gasteiger partial charge in [-0.3, -0.25) is 9.69 Å². The van der Waals surface area contributed by atoms with Gasteiger partial charge in [-0.1, -0.05) is 0 Å². The Morgan fingerprint density at radius 1 is 1.23 bits per heavy atom. The minimum absolute atomic E-state index is 0.114. The third-order valence-electron chi connectivity index (χ3n) is 6.11. The molecule has 3 aromatic heterocycles. The van der Waals surface area contributed by atoms with Crippen LogP contribution in [0.2, 0.25) is 0 Å². The van der Waals surface area contributed by atoms with Crippen LogP contribution < -0.4 is 5.32 Å². The van der Waals surface area contributed by atoms with Crippen molar-refractivity contribution in [3.8, 4) is 0 Å². The van der Waals surface area contributed by atoms with Crippen molar-refractivity contribution in [3.05, 3.63) is 38.2 Å². The molecule has 1 amide bonds. The molecule has 5 rings (SSSR count). The molecule has 0 radical (unpaired) electrons. The van der Waals surface area contributed by atoms with Crippen molar-refractivity contribution in [2.75, 3.05) is 44.7 Å². The molecule has 164 valence electrons. The van der Waals surface area contributed by atoms with E-state index in [4.69, 9.17) is 14.7 Å². The molecular formula is C22H27N5O2S2. The molecule has 2 aliphatic rings. The molecule has 0 saturated carbocycles. The number of ether oxygens (including phenoxy) is 1. The Hall–Kier alpha value is -2.07. The first-order chi connectivity index (χ1) is 15.1. The van der Waals surface area contributed by atoms with Gasteiger partial charge in [-0.15, -0.1) is 22.7 Å². The molecule has 0 aliphatic carbocycles. The van der Waals surface area contributed by atoms with Crippen LogP contribution in [0.1, 0.15) is 26.7 Å². The van der Waals surface area contributed by atoms with E-state index >= 15 is 0 Å². The van der Waals surface area contributed by atoms with Crippen molar-refractivity contribution < 1.29 is 9.53 Å². The highest BCUT2D eigenvalue weighted by molar-refractivity contribution is 7.18. The molecule has 3 aromatic rings. The second kappa shape index (κ2) is 8.82. The van der Waals surface area contributed by atoms with Gasteiger partial charge in [-0.05, 0) is 42.8 Å². The molecule has 1 N–H and O–H groups in total. The van der Waals surface area contributed by atoms with Gasteiger partial charge in [0.15, 0.2) is 0 Å². The number of rotatable bonds is 5. The Balaban J connectivity index is 1.34. The zero-order valence-corrected chi connectivity index (χ0v) is 19.6.